The second kappa shape index (κ2) is 3.61. The zero-order valence-electron chi connectivity index (χ0n) is 8.40. The van der Waals surface area contributed by atoms with Crippen molar-refractivity contribution in [2.45, 2.75) is 26.2 Å². The molecule has 2 bridgehead atoms. The second-order valence-electron chi connectivity index (χ2n) is 4.27. The topological polar surface area (TPSA) is 50.1 Å². The molecule has 3 heteroatoms. The number of rotatable bonds is 2. The molecule has 0 saturated heterocycles. The molecule has 2 saturated carbocycles. The first-order valence-electron chi connectivity index (χ1n) is 5.34. The third-order valence-electron chi connectivity index (χ3n) is 3.62. The molecule has 4 atom stereocenters. The summed E-state index contributed by atoms with van der Waals surface area (Å²) in [5.41, 5.74) is 0. The summed E-state index contributed by atoms with van der Waals surface area (Å²) >= 11 is 0. The van der Waals surface area contributed by atoms with Crippen molar-refractivity contribution in [1.29, 1.82) is 5.26 Å². The Labute approximate surface area is 84.0 Å². The first kappa shape index (κ1) is 9.51. The van der Waals surface area contributed by atoms with E-state index in [0.29, 0.717) is 18.4 Å². The first-order valence-corrected chi connectivity index (χ1v) is 5.34. The third-order valence-corrected chi connectivity index (χ3v) is 3.62. The van der Waals surface area contributed by atoms with Gasteiger partial charge < -0.3 is 4.74 Å². The van der Waals surface area contributed by atoms with Gasteiger partial charge >= 0.3 is 5.97 Å². The van der Waals surface area contributed by atoms with E-state index in [9.17, 15) is 4.79 Å². The summed E-state index contributed by atoms with van der Waals surface area (Å²) in [5.74, 6) is 0.529. The Balaban J connectivity index is 2.11. The van der Waals surface area contributed by atoms with Gasteiger partial charge in [-0.15, -0.1) is 0 Å². The molecule has 0 amide bonds. The minimum absolute atomic E-state index is 0.0761. The Kier molecular flexibility index (Phi) is 2.45. The Morgan fingerprint density at radius 3 is 2.86 bits per heavy atom. The summed E-state index contributed by atoms with van der Waals surface area (Å²) < 4.78 is 5.02. The SMILES string of the molecule is CCOC(=O)C1C(C#N)[C@@H]2CC[C@H]1C2. The van der Waals surface area contributed by atoms with Gasteiger partial charge in [0.05, 0.1) is 24.5 Å². The molecule has 0 radical (unpaired) electrons. The van der Waals surface area contributed by atoms with E-state index >= 15 is 0 Å². The number of hydrogen-bond acceptors (Lipinski definition) is 3. The Morgan fingerprint density at radius 1 is 1.50 bits per heavy atom. The molecule has 0 aromatic carbocycles. The van der Waals surface area contributed by atoms with Crippen LogP contribution in [0.25, 0.3) is 0 Å². The van der Waals surface area contributed by atoms with Crippen LogP contribution in [0.5, 0.6) is 0 Å². The van der Waals surface area contributed by atoms with E-state index in [0.717, 1.165) is 19.3 Å². The van der Waals surface area contributed by atoms with Crippen LogP contribution >= 0.6 is 0 Å². The monoisotopic (exact) mass is 193 g/mol. The molecule has 2 aliphatic rings. The predicted molar refractivity (Wildman–Crippen MR) is 50.1 cm³/mol. The van der Waals surface area contributed by atoms with Crippen LogP contribution in [0.2, 0.25) is 0 Å². The highest BCUT2D eigenvalue weighted by Crippen LogP contribution is 2.52. The standard InChI is InChI=1S/C11H15NO2/c1-2-14-11(13)10-8-4-3-7(5-8)9(10)6-12/h7-10H,2-5H2,1H3/t7-,8+,9?,10?/m1/s1. The van der Waals surface area contributed by atoms with E-state index < -0.39 is 0 Å². The molecule has 14 heavy (non-hydrogen) atoms. The Morgan fingerprint density at radius 2 is 2.21 bits per heavy atom. The molecule has 0 aromatic heterocycles. The highest BCUT2D eigenvalue weighted by Gasteiger charge is 2.51. The van der Waals surface area contributed by atoms with Crippen LogP contribution in [0.15, 0.2) is 0 Å². The zero-order valence-corrected chi connectivity index (χ0v) is 8.40. The average molecular weight is 193 g/mol. The molecule has 0 spiro atoms. The number of ether oxygens (including phenoxy) is 1. The van der Waals surface area contributed by atoms with Crippen molar-refractivity contribution in [3.63, 3.8) is 0 Å². The number of carbonyl (C=O) groups excluding carboxylic acids is 1. The van der Waals surface area contributed by atoms with Gasteiger partial charge in [0.1, 0.15) is 0 Å². The molecular weight excluding hydrogens is 178 g/mol. The lowest BCUT2D eigenvalue weighted by atomic mass is 9.80. The van der Waals surface area contributed by atoms with Crippen LogP contribution in [0.3, 0.4) is 0 Å². The van der Waals surface area contributed by atoms with E-state index in [-0.39, 0.29) is 17.8 Å². The van der Waals surface area contributed by atoms with E-state index in [1.807, 2.05) is 6.92 Å². The van der Waals surface area contributed by atoms with Gasteiger partial charge in [-0.3, -0.25) is 4.79 Å². The molecule has 0 aromatic rings. The summed E-state index contributed by atoms with van der Waals surface area (Å²) in [6, 6.07) is 2.28. The number of nitrogens with zero attached hydrogens (tertiary/aromatic N) is 1. The summed E-state index contributed by atoms with van der Waals surface area (Å²) in [5, 5.41) is 9.02. The van der Waals surface area contributed by atoms with Gasteiger partial charge in [0.2, 0.25) is 0 Å². The quantitative estimate of drug-likeness (QED) is 0.627. The van der Waals surface area contributed by atoms with Crippen molar-refractivity contribution in [3.8, 4) is 6.07 Å². The summed E-state index contributed by atoms with van der Waals surface area (Å²) in [4.78, 5) is 11.6. The molecular formula is C11H15NO2. The van der Waals surface area contributed by atoms with Crippen LogP contribution < -0.4 is 0 Å². The number of hydrogen-bond donors (Lipinski definition) is 0. The minimum atomic E-state index is -0.147. The molecule has 3 nitrogen and oxygen atoms in total. The maximum atomic E-state index is 11.6. The lowest BCUT2D eigenvalue weighted by Gasteiger charge is -2.24. The van der Waals surface area contributed by atoms with Crippen LogP contribution in [0.1, 0.15) is 26.2 Å². The van der Waals surface area contributed by atoms with E-state index in [1.165, 1.54) is 0 Å². The molecule has 2 unspecified atom stereocenters. The minimum Gasteiger partial charge on any atom is -0.466 e. The molecule has 2 aliphatic carbocycles. The molecule has 76 valence electrons. The number of nitriles is 1. The molecule has 0 heterocycles. The van der Waals surface area contributed by atoms with Crippen LogP contribution in [0.4, 0.5) is 0 Å². The molecule has 2 rings (SSSR count). The fourth-order valence-electron chi connectivity index (χ4n) is 3.05. The molecule has 0 aliphatic heterocycles. The van der Waals surface area contributed by atoms with Crippen LogP contribution in [0, 0.1) is 35.0 Å². The fourth-order valence-corrected chi connectivity index (χ4v) is 3.05. The summed E-state index contributed by atoms with van der Waals surface area (Å²) in [6.45, 7) is 2.23. The van der Waals surface area contributed by atoms with Gasteiger partial charge in [-0.2, -0.15) is 5.26 Å². The van der Waals surface area contributed by atoms with E-state index in [2.05, 4.69) is 6.07 Å². The lowest BCUT2D eigenvalue weighted by Crippen LogP contribution is -2.30. The highest BCUT2D eigenvalue weighted by atomic mass is 16.5. The molecule has 2 fully saturated rings. The second-order valence-corrected chi connectivity index (χ2v) is 4.27. The number of carbonyl (C=O) groups is 1. The molecule has 0 N–H and O–H groups in total. The largest absolute Gasteiger partial charge is 0.466 e. The van der Waals surface area contributed by atoms with Crippen molar-refractivity contribution >= 4 is 5.97 Å². The van der Waals surface area contributed by atoms with Crippen LogP contribution in [-0.4, -0.2) is 12.6 Å². The maximum absolute atomic E-state index is 11.6. The number of fused-ring (bicyclic) bond motifs is 2. The van der Waals surface area contributed by atoms with Crippen molar-refractivity contribution in [3.05, 3.63) is 0 Å². The van der Waals surface area contributed by atoms with Crippen LogP contribution in [-0.2, 0) is 9.53 Å². The first-order chi connectivity index (χ1) is 6.77. The van der Waals surface area contributed by atoms with Gasteiger partial charge in [0, 0.05) is 0 Å². The zero-order chi connectivity index (χ0) is 10.1. The fraction of sp³-hybridized carbons (Fsp3) is 0.818. The lowest BCUT2D eigenvalue weighted by molar-refractivity contribution is -0.151. The van der Waals surface area contributed by atoms with E-state index in [1.54, 1.807) is 0 Å². The van der Waals surface area contributed by atoms with Crippen molar-refractivity contribution in [2.75, 3.05) is 6.61 Å². The van der Waals surface area contributed by atoms with Crippen molar-refractivity contribution in [1.82, 2.24) is 0 Å². The number of esters is 1. The summed E-state index contributed by atoms with van der Waals surface area (Å²) in [6.07, 6.45) is 3.28. The highest BCUT2D eigenvalue weighted by molar-refractivity contribution is 5.74. The van der Waals surface area contributed by atoms with Gasteiger partial charge in [-0.05, 0) is 38.0 Å². The van der Waals surface area contributed by atoms with Gasteiger partial charge in [0.25, 0.3) is 0 Å². The average Bonchev–Trinajstić information content (AvgIpc) is 2.76. The normalized spacial score (nSPS) is 39.4. The van der Waals surface area contributed by atoms with Crippen molar-refractivity contribution < 1.29 is 9.53 Å². The van der Waals surface area contributed by atoms with Crippen molar-refractivity contribution in [2.24, 2.45) is 23.7 Å². The Bertz CT molecular complexity index is 282. The smallest absolute Gasteiger partial charge is 0.310 e. The third kappa shape index (κ3) is 1.30. The Hall–Kier alpha value is -1.04. The summed E-state index contributed by atoms with van der Waals surface area (Å²) in [7, 11) is 0. The van der Waals surface area contributed by atoms with E-state index in [4.69, 9.17) is 10.00 Å². The maximum Gasteiger partial charge on any atom is 0.310 e. The van der Waals surface area contributed by atoms with Gasteiger partial charge in [0.15, 0.2) is 0 Å². The van der Waals surface area contributed by atoms with Gasteiger partial charge in [-0.25, -0.2) is 0 Å². The van der Waals surface area contributed by atoms with Gasteiger partial charge in [-0.1, -0.05) is 0 Å². The predicted octanol–water partition coefficient (Wildman–Crippen LogP) is 1.74.